The third-order valence-electron chi connectivity index (χ3n) is 3.65. The first kappa shape index (κ1) is 12.0. The Hall–Kier alpha value is -2.09. The fourth-order valence-corrected chi connectivity index (χ4v) is 2.66. The highest BCUT2D eigenvalue weighted by atomic mass is 15.1. The van der Waals surface area contributed by atoms with E-state index in [0.29, 0.717) is 6.04 Å². The Balaban J connectivity index is 2.18. The largest absolute Gasteiger partial charge is 0.321 e. The maximum atomic E-state index is 4.74. The van der Waals surface area contributed by atoms with Gasteiger partial charge in [0.05, 0.1) is 17.1 Å². The van der Waals surface area contributed by atoms with E-state index >= 15 is 0 Å². The van der Waals surface area contributed by atoms with Crippen molar-refractivity contribution < 1.29 is 0 Å². The highest BCUT2D eigenvalue weighted by Crippen LogP contribution is 2.26. The van der Waals surface area contributed by atoms with Gasteiger partial charge in [0.1, 0.15) is 5.82 Å². The van der Waals surface area contributed by atoms with Gasteiger partial charge in [0, 0.05) is 6.42 Å². The molecule has 0 fully saturated rings. The van der Waals surface area contributed by atoms with Crippen molar-refractivity contribution >= 4 is 11.0 Å². The molecular formula is C17H18N2. The van der Waals surface area contributed by atoms with E-state index in [0.717, 1.165) is 17.8 Å². The third-order valence-corrected chi connectivity index (χ3v) is 3.65. The summed E-state index contributed by atoms with van der Waals surface area (Å²) in [6.07, 6.45) is 0.950. The number of aryl methyl sites for hydroxylation is 1. The first-order chi connectivity index (χ1) is 9.31. The second-order valence-corrected chi connectivity index (χ2v) is 4.83. The molecule has 19 heavy (non-hydrogen) atoms. The molecule has 1 heterocycles. The Morgan fingerprint density at radius 2 is 1.68 bits per heavy atom. The smallest absolute Gasteiger partial charge is 0.110 e. The molecule has 2 heteroatoms. The molecule has 3 aromatic rings. The van der Waals surface area contributed by atoms with Gasteiger partial charge in [-0.2, -0.15) is 0 Å². The zero-order chi connectivity index (χ0) is 13.2. The van der Waals surface area contributed by atoms with Crippen molar-refractivity contribution in [3.63, 3.8) is 0 Å². The summed E-state index contributed by atoms with van der Waals surface area (Å²) < 4.78 is 2.35. The van der Waals surface area contributed by atoms with Gasteiger partial charge in [0.15, 0.2) is 0 Å². The minimum atomic E-state index is 0.309. The molecule has 1 atom stereocenters. The number of para-hydroxylation sites is 2. The SMILES string of the molecule is CCc1nc2ccccc2n1C(C)c1ccccc1. The molecule has 3 rings (SSSR count). The Bertz CT molecular complexity index is 683. The van der Waals surface area contributed by atoms with Crippen molar-refractivity contribution in [1.29, 1.82) is 0 Å². The molecule has 0 spiro atoms. The maximum absolute atomic E-state index is 4.74. The number of fused-ring (bicyclic) bond motifs is 1. The summed E-state index contributed by atoms with van der Waals surface area (Å²) in [6.45, 7) is 4.40. The van der Waals surface area contributed by atoms with Crippen LogP contribution >= 0.6 is 0 Å². The van der Waals surface area contributed by atoms with Crippen LogP contribution in [0.1, 0.15) is 31.3 Å². The van der Waals surface area contributed by atoms with Crippen LogP contribution in [0.4, 0.5) is 0 Å². The van der Waals surface area contributed by atoms with Crippen LogP contribution in [0.3, 0.4) is 0 Å². The Kier molecular flexibility index (Phi) is 3.08. The Morgan fingerprint density at radius 3 is 2.42 bits per heavy atom. The van der Waals surface area contributed by atoms with E-state index in [4.69, 9.17) is 4.98 Å². The molecule has 0 bridgehead atoms. The lowest BCUT2D eigenvalue weighted by molar-refractivity contribution is 0.623. The molecule has 0 saturated carbocycles. The van der Waals surface area contributed by atoms with E-state index < -0.39 is 0 Å². The first-order valence-corrected chi connectivity index (χ1v) is 6.82. The average Bonchev–Trinajstić information content (AvgIpc) is 2.86. The van der Waals surface area contributed by atoms with Crippen LogP contribution < -0.4 is 0 Å². The average molecular weight is 250 g/mol. The highest BCUT2D eigenvalue weighted by Gasteiger charge is 2.15. The molecule has 0 N–H and O–H groups in total. The van der Waals surface area contributed by atoms with Gasteiger partial charge in [-0.1, -0.05) is 49.4 Å². The van der Waals surface area contributed by atoms with Crippen molar-refractivity contribution in [3.05, 3.63) is 66.0 Å². The highest BCUT2D eigenvalue weighted by molar-refractivity contribution is 5.76. The molecular weight excluding hydrogens is 232 g/mol. The summed E-state index contributed by atoms with van der Waals surface area (Å²) in [5.74, 6) is 1.15. The van der Waals surface area contributed by atoms with Crippen molar-refractivity contribution in [1.82, 2.24) is 9.55 Å². The summed E-state index contributed by atoms with van der Waals surface area (Å²) in [7, 11) is 0. The van der Waals surface area contributed by atoms with Gasteiger partial charge < -0.3 is 4.57 Å². The van der Waals surface area contributed by atoms with Crippen LogP contribution in [0.15, 0.2) is 54.6 Å². The molecule has 0 aliphatic carbocycles. The number of aromatic nitrogens is 2. The normalized spacial score (nSPS) is 12.7. The number of imidazole rings is 1. The summed E-state index contributed by atoms with van der Waals surface area (Å²) >= 11 is 0. The van der Waals surface area contributed by atoms with E-state index in [1.165, 1.54) is 11.1 Å². The molecule has 1 unspecified atom stereocenters. The zero-order valence-electron chi connectivity index (χ0n) is 11.4. The fraction of sp³-hybridized carbons (Fsp3) is 0.235. The molecule has 0 radical (unpaired) electrons. The molecule has 2 aromatic carbocycles. The van der Waals surface area contributed by atoms with Crippen LogP contribution in [0.5, 0.6) is 0 Å². The summed E-state index contributed by atoms with van der Waals surface area (Å²) in [5, 5.41) is 0. The number of nitrogens with zero attached hydrogens (tertiary/aromatic N) is 2. The lowest BCUT2D eigenvalue weighted by atomic mass is 10.1. The minimum absolute atomic E-state index is 0.309. The first-order valence-electron chi connectivity index (χ1n) is 6.82. The molecule has 96 valence electrons. The molecule has 0 aliphatic heterocycles. The summed E-state index contributed by atoms with van der Waals surface area (Å²) in [5.41, 5.74) is 3.62. The quantitative estimate of drug-likeness (QED) is 0.681. The van der Waals surface area contributed by atoms with E-state index in [2.05, 4.69) is 66.9 Å². The van der Waals surface area contributed by atoms with Gasteiger partial charge in [-0.05, 0) is 24.6 Å². The predicted molar refractivity (Wildman–Crippen MR) is 79.4 cm³/mol. The van der Waals surface area contributed by atoms with E-state index in [9.17, 15) is 0 Å². The molecule has 1 aromatic heterocycles. The monoisotopic (exact) mass is 250 g/mol. The van der Waals surface area contributed by atoms with Gasteiger partial charge in [-0.15, -0.1) is 0 Å². The maximum Gasteiger partial charge on any atom is 0.110 e. The molecule has 0 saturated heterocycles. The Labute approximate surface area is 113 Å². The standard InChI is InChI=1S/C17H18N2/c1-3-17-18-15-11-7-8-12-16(15)19(17)13(2)14-9-5-4-6-10-14/h4-13H,3H2,1-2H3. The second kappa shape index (κ2) is 4.88. The number of hydrogen-bond acceptors (Lipinski definition) is 1. The minimum Gasteiger partial charge on any atom is -0.321 e. The lowest BCUT2D eigenvalue weighted by Gasteiger charge is -2.17. The van der Waals surface area contributed by atoms with Gasteiger partial charge in [0.2, 0.25) is 0 Å². The zero-order valence-corrected chi connectivity index (χ0v) is 11.4. The third kappa shape index (κ3) is 2.03. The van der Waals surface area contributed by atoms with Gasteiger partial charge >= 0.3 is 0 Å². The van der Waals surface area contributed by atoms with E-state index in [1.54, 1.807) is 0 Å². The molecule has 0 aliphatic rings. The van der Waals surface area contributed by atoms with E-state index in [1.807, 2.05) is 6.07 Å². The number of hydrogen-bond donors (Lipinski definition) is 0. The van der Waals surface area contributed by atoms with Crippen molar-refractivity contribution in [2.45, 2.75) is 26.3 Å². The van der Waals surface area contributed by atoms with Crippen LogP contribution in [-0.4, -0.2) is 9.55 Å². The lowest BCUT2D eigenvalue weighted by Crippen LogP contribution is -2.10. The summed E-state index contributed by atoms with van der Waals surface area (Å²) in [4.78, 5) is 4.74. The van der Waals surface area contributed by atoms with Crippen molar-refractivity contribution in [2.75, 3.05) is 0 Å². The fourth-order valence-electron chi connectivity index (χ4n) is 2.66. The van der Waals surface area contributed by atoms with Crippen LogP contribution in [0.25, 0.3) is 11.0 Å². The second-order valence-electron chi connectivity index (χ2n) is 4.83. The summed E-state index contributed by atoms with van der Waals surface area (Å²) in [6, 6.07) is 19.3. The van der Waals surface area contributed by atoms with Crippen molar-refractivity contribution in [3.8, 4) is 0 Å². The van der Waals surface area contributed by atoms with Crippen molar-refractivity contribution in [2.24, 2.45) is 0 Å². The topological polar surface area (TPSA) is 17.8 Å². The van der Waals surface area contributed by atoms with E-state index in [-0.39, 0.29) is 0 Å². The van der Waals surface area contributed by atoms with Gasteiger partial charge in [-0.3, -0.25) is 0 Å². The van der Waals surface area contributed by atoms with Gasteiger partial charge in [-0.25, -0.2) is 4.98 Å². The Morgan fingerprint density at radius 1 is 1.00 bits per heavy atom. The number of rotatable bonds is 3. The molecule has 0 amide bonds. The van der Waals surface area contributed by atoms with Crippen LogP contribution in [0, 0.1) is 0 Å². The van der Waals surface area contributed by atoms with Crippen LogP contribution in [0.2, 0.25) is 0 Å². The van der Waals surface area contributed by atoms with Crippen LogP contribution in [-0.2, 0) is 6.42 Å². The molecule has 2 nitrogen and oxygen atoms in total. The number of benzene rings is 2. The predicted octanol–water partition coefficient (Wildman–Crippen LogP) is 4.21. The van der Waals surface area contributed by atoms with Gasteiger partial charge in [0.25, 0.3) is 0 Å².